The lowest BCUT2D eigenvalue weighted by molar-refractivity contribution is 0.0698. The minimum Gasteiger partial charge on any atom is -0.478 e. The van der Waals surface area contributed by atoms with Crippen LogP contribution in [0.4, 0.5) is 8.78 Å². The van der Waals surface area contributed by atoms with Crippen LogP contribution in [0.3, 0.4) is 0 Å². The molecule has 0 aliphatic heterocycles. The maximum Gasteiger partial charge on any atom is 0.338 e. The van der Waals surface area contributed by atoms with Gasteiger partial charge in [0.2, 0.25) is 5.28 Å². The number of carbonyl (C=O) groups is 1. The highest BCUT2D eigenvalue weighted by Gasteiger charge is 2.19. The minimum absolute atomic E-state index is 0.133. The summed E-state index contributed by atoms with van der Waals surface area (Å²) in [4.78, 5) is 16.5. The van der Waals surface area contributed by atoms with E-state index in [0.29, 0.717) is 6.07 Å². The molecule has 78 valence electrons. The molecule has 15 heavy (non-hydrogen) atoms. The summed E-state index contributed by atoms with van der Waals surface area (Å²) in [5.41, 5.74) is -0.966. The Bertz CT molecular complexity index is 567. The molecule has 1 aromatic heterocycles. The van der Waals surface area contributed by atoms with Gasteiger partial charge in [-0.05, 0) is 17.7 Å². The Labute approximate surface area is 86.5 Å². The van der Waals surface area contributed by atoms with E-state index in [1.807, 2.05) is 0 Å². The summed E-state index contributed by atoms with van der Waals surface area (Å²) < 4.78 is 26.1. The first-order valence-electron chi connectivity index (χ1n) is 3.77. The first kappa shape index (κ1) is 9.85. The lowest BCUT2D eigenvalue weighted by Gasteiger charge is -1.98. The lowest BCUT2D eigenvalue weighted by Crippen LogP contribution is -2.00. The summed E-state index contributed by atoms with van der Waals surface area (Å²) in [5.74, 6) is -3.89. The highest BCUT2D eigenvalue weighted by molar-refractivity contribution is 6.29. The molecule has 0 atom stereocenters. The second-order valence-corrected chi connectivity index (χ2v) is 3.13. The maximum absolute atomic E-state index is 13.1. The van der Waals surface area contributed by atoms with E-state index in [1.54, 1.807) is 0 Å². The SMILES string of the molecule is O=C(O)c1cc(F)c(F)c2nc(Cl)[nH]c12. The molecule has 2 N–H and O–H groups in total. The van der Waals surface area contributed by atoms with Crippen LogP contribution in [-0.4, -0.2) is 21.0 Å². The first-order valence-corrected chi connectivity index (χ1v) is 4.15. The molecule has 2 rings (SSSR count). The summed E-state index contributed by atoms with van der Waals surface area (Å²) in [6.45, 7) is 0. The van der Waals surface area contributed by atoms with Gasteiger partial charge in [-0.25, -0.2) is 18.6 Å². The minimum atomic E-state index is -1.39. The molecule has 0 unspecified atom stereocenters. The molecule has 2 aromatic rings. The molecule has 0 spiro atoms. The van der Waals surface area contributed by atoms with Gasteiger partial charge in [-0.2, -0.15) is 0 Å². The molecule has 0 aliphatic carbocycles. The van der Waals surface area contributed by atoms with Crippen molar-refractivity contribution in [3.05, 3.63) is 28.5 Å². The lowest BCUT2D eigenvalue weighted by atomic mass is 10.1. The molecule has 0 fully saturated rings. The number of imidazole rings is 1. The molecule has 1 aromatic carbocycles. The summed E-state index contributed by atoms with van der Waals surface area (Å²) in [6, 6.07) is 0.578. The number of hydrogen-bond donors (Lipinski definition) is 2. The van der Waals surface area contributed by atoms with Crippen LogP contribution >= 0.6 is 11.6 Å². The van der Waals surface area contributed by atoms with Gasteiger partial charge in [-0.15, -0.1) is 0 Å². The molecular weight excluding hydrogens is 230 g/mol. The standard InChI is InChI=1S/C8H3ClF2N2O2/c9-8-12-5-2(7(14)15)1-3(10)4(11)6(5)13-8/h1H,(H,12,13)(H,14,15). The molecule has 0 radical (unpaired) electrons. The third-order valence-corrected chi connectivity index (χ3v) is 2.04. The molecule has 0 saturated carbocycles. The van der Waals surface area contributed by atoms with Gasteiger partial charge in [0.1, 0.15) is 5.52 Å². The predicted molar refractivity (Wildman–Crippen MR) is 48.0 cm³/mol. The highest BCUT2D eigenvalue weighted by Crippen LogP contribution is 2.24. The Morgan fingerprint density at radius 1 is 1.53 bits per heavy atom. The number of carboxylic acid groups (broad SMARTS) is 1. The molecule has 0 saturated heterocycles. The van der Waals surface area contributed by atoms with Crippen LogP contribution in [0.15, 0.2) is 6.07 Å². The second kappa shape index (κ2) is 3.16. The Morgan fingerprint density at radius 3 is 2.80 bits per heavy atom. The summed E-state index contributed by atoms with van der Waals surface area (Å²) in [5, 5.41) is 8.53. The Morgan fingerprint density at radius 2 is 2.20 bits per heavy atom. The summed E-state index contributed by atoms with van der Waals surface area (Å²) in [7, 11) is 0. The number of aromatic amines is 1. The number of aromatic nitrogens is 2. The maximum atomic E-state index is 13.1. The van der Waals surface area contributed by atoms with Crippen LogP contribution in [0.2, 0.25) is 5.28 Å². The summed E-state index contributed by atoms with van der Waals surface area (Å²) in [6.07, 6.45) is 0. The van der Waals surface area contributed by atoms with Crippen molar-refractivity contribution in [2.45, 2.75) is 0 Å². The van der Waals surface area contributed by atoms with Gasteiger partial charge < -0.3 is 10.1 Å². The van der Waals surface area contributed by atoms with E-state index < -0.39 is 28.7 Å². The fourth-order valence-electron chi connectivity index (χ4n) is 1.24. The van der Waals surface area contributed by atoms with Gasteiger partial charge in [-0.1, -0.05) is 0 Å². The van der Waals surface area contributed by atoms with Crippen LogP contribution in [0.25, 0.3) is 11.0 Å². The fraction of sp³-hybridized carbons (Fsp3) is 0. The van der Waals surface area contributed by atoms with E-state index in [0.717, 1.165) is 0 Å². The molecule has 4 nitrogen and oxygen atoms in total. The number of nitrogens with zero attached hydrogens (tertiary/aromatic N) is 1. The van der Waals surface area contributed by atoms with Crippen molar-refractivity contribution in [1.82, 2.24) is 9.97 Å². The largest absolute Gasteiger partial charge is 0.478 e. The third kappa shape index (κ3) is 1.42. The van der Waals surface area contributed by atoms with E-state index in [2.05, 4.69) is 9.97 Å². The van der Waals surface area contributed by atoms with E-state index >= 15 is 0 Å². The van der Waals surface area contributed by atoms with Gasteiger partial charge in [0.05, 0.1) is 11.1 Å². The van der Waals surface area contributed by atoms with Crippen LogP contribution in [-0.2, 0) is 0 Å². The van der Waals surface area contributed by atoms with Crippen molar-refractivity contribution in [2.24, 2.45) is 0 Å². The number of aromatic carboxylic acids is 1. The number of rotatable bonds is 1. The molecule has 0 amide bonds. The number of halogens is 3. The summed E-state index contributed by atoms with van der Waals surface area (Å²) >= 11 is 5.44. The van der Waals surface area contributed by atoms with Crippen LogP contribution in [0.1, 0.15) is 10.4 Å². The first-order chi connectivity index (χ1) is 7.00. The molecule has 1 heterocycles. The average Bonchev–Trinajstić information content (AvgIpc) is 2.53. The predicted octanol–water partition coefficient (Wildman–Crippen LogP) is 2.19. The van der Waals surface area contributed by atoms with Crippen molar-refractivity contribution < 1.29 is 18.7 Å². The topological polar surface area (TPSA) is 66.0 Å². The van der Waals surface area contributed by atoms with E-state index in [1.165, 1.54) is 0 Å². The van der Waals surface area contributed by atoms with Crippen molar-refractivity contribution in [2.75, 3.05) is 0 Å². The van der Waals surface area contributed by atoms with Crippen molar-refractivity contribution >= 4 is 28.6 Å². The number of H-pyrrole nitrogens is 1. The highest BCUT2D eigenvalue weighted by atomic mass is 35.5. The van der Waals surface area contributed by atoms with Gasteiger partial charge in [0.25, 0.3) is 0 Å². The molecule has 0 bridgehead atoms. The normalized spacial score (nSPS) is 10.9. The van der Waals surface area contributed by atoms with Crippen LogP contribution in [0, 0.1) is 11.6 Å². The third-order valence-electron chi connectivity index (χ3n) is 1.86. The number of carboxylic acids is 1. The Hall–Kier alpha value is -1.69. The molecule has 0 aliphatic rings. The van der Waals surface area contributed by atoms with Gasteiger partial charge >= 0.3 is 5.97 Å². The van der Waals surface area contributed by atoms with Gasteiger partial charge in [0.15, 0.2) is 11.6 Å². The Kier molecular flexibility index (Phi) is 2.08. The Balaban J connectivity index is 2.93. The zero-order valence-corrected chi connectivity index (χ0v) is 7.77. The van der Waals surface area contributed by atoms with Gasteiger partial charge in [0, 0.05) is 0 Å². The van der Waals surface area contributed by atoms with E-state index in [-0.39, 0.29) is 10.8 Å². The number of benzene rings is 1. The zero-order chi connectivity index (χ0) is 11.2. The number of nitrogens with one attached hydrogen (secondary N) is 1. The van der Waals surface area contributed by atoms with E-state index in [4.69, 9.17) is 16.7 Å². The van der Waals surface area contributed by atoms with Crippen LogP contribution < -0.4 is 0 Å². The van der Waals surface area contributed by atoms with Gasteiger partial charge in [-0.3, -0.25) is 0 Å². The molecule has 7 heteroatoms. The quantitative estimate of drug-likeness (QED) is 0.792. The molecular formula is C8H3ClF2N2O2. The number of fused-ring (bicyclic) bond motifs is 1. The monoisotopic (exact) mass is 232 g/mol. The van der Waals surface area contributed by atoms with E-state index in [9.17, 15) is 13.6 Å². The van der Waals surface area contributed by atoms with Crippen LogP contribution in [0.5, 0.6) is 0 Å². The van der Waals surface area contributed by atoms with Crippen molar-refractivity contribution in [1.29, 1.82) is 0 Å². The average molecular weight is 233 g/mol. The number of hydrogen-bond acceptors (Lipinski definition) is 2. The second-order valence-electron chi connectivity index (χ2n) is 2.78. The van der Waals surface area contributed by atoms with Crippen molar-refractivity contribution in [3.8, 4) is 0 Å². The zero-order valence-electron chi connectivity index (χ0n) is 7.01. The van der Waals surface area contributed by atoms with Crippen molar-refractivity contribution in [3.63, 3.8) is 0 Å². The fourth-order valence-corrected chi connectivity index (χ4v) is 1.42. The smallest absolute Gasteiger partial charge is 0.338 e.